The van der Waals surface area contributed by atoms with E-state index in [1.165, 1.54) is 11.3 Å². The zero-order valence-electron chi connectivity index (χ0n) is 10.6. The number of carbonyl (C=O) groups excluding carboxylic acids is 2. The maximum atomic E-state index is 12.4. The number of rotatable bonds is 3. The number of ketones is 1. The molecule has 21 heavy (non-hydrogen) atoms. The third-order valence-electron chi connectivity index (χ3n) is 3.21. The summed E-state index contributed by atoms with van der Waals surface area (Å²) in [7, 11) is 0. The maximum absolute atomic E-state index is 12.4. The van der Waals surface area contributed by atoms with Crippen LogP contribution < -0.4 is 10.5 Å². The van der Waals surface area contributed by atoms with Gasteiger partial charge in [0.2, 0.25) is 5.78 Å². The van der Waals surface area contributed by atoms with Crippen LogP contribution in [0, 0.1) is 0 Å². The van der Waals surface area contributed by atoms with E-state index >= 15 is 0 Å². The lowest BCUT2D eigenvalue weighted by molar-refractivity contribution is -0.123. The fraction of sp³-hybridized carbons (Fsp3) is 0.143. The molecule has 1 atom stereocenters. The van der Waals surface area contributed by atoms with Gasteiger partial charge in [-0.15, -0.1) is 11.3 Å². The first-order chi connectivity index (χ1) is 9.99. The van der Waals surface area contributed by atoms with Gasteiger partial charge in [0.05, 0.1) is 9.90 Å². The van der Waals surface area contributed by atoms with Crippen LogP contribution in [0.3, 0.4) is 0 Å². The summed E-state index contributed by atoms with van der Waals surface area (Å²) in [4.78, 5) is 24.2. The number of halogens is 2. The molecule has 7 heteroatoms. The van der Waals surface area contributed by atoms with Crippen LogP contribution in [0.4, 0.5) is 0 Å². The molecule has 0 saturated carbocycles. The van der Waals surface area contributed by atoms with E-state index in [9.17, 15) is 9.59 Å². The van der Waals surface area contributed by atoms with E-state index in [0.29, 0.717) is 21.8 Å². The summed E-state index contributed by atoms with van der Waals surface area (Å²) in [5.41, 5.74) is 6.20. The Labute approximate surface area is 134 Å². The summed E-state index contributed by atoms with van der Waals surface area (Å²) in [6.07, 6.45) is -0.493. The van der Waals surface area contributed by atoms with Gasteiger partial charge in [-0.1, -0.05) is 29.3 Å². The molecule has 0 aliphatic carbocycles. The average Bonchev–Trinajstić information content (AvgIpc) is 3.10. The van der Waals surface area contributed by atoms with Crippen LogP contribution in [0.2, 0.25) is 10.0 Å². The highest BCUT2D eigenvalue weighted by molar-refractivity contribution is 7.12. The van der Waals surface area contributed by atoms with E-state index in [2.05, 4.69) is 0 Å². The van der Waals surface area contributed by atoms with Crippen molar-refractivity contribution in [2.75, 3.05) is 0 Å². The molecule has 1 aliphatic rings. The van der Waals surface area contributed by atoms with Crippen LogP contribution >= 0.6 is 34.5 Å². The quantitative estimate of drug-likeness (QED) is 0.872. The maximum Gasteiger partial charge on any atom is 0.258 e. The van der Waals surface area contributed by atoms with E-state index in [-0.39, 0.29) is 22.2 Å². The van der Waals surface area contributed by atoms with E-state index < -0.39 is 12.0 Å². The van der Waals surface area contributed by atoms with Crippen molar-refractivity contribution in [3.63, 3.8) is 0 Å². The highest BCUT2D eigenvalue weighted by Crippen LogP contribution is 2.43. The van der Waals surface area contributed by atoms with Crippen molar-refractivity contribution in [3.8, 4) is 5.75 Å². The number of nitrogens with two attached hydrogens (primary N) is 1. The molecule has 0 saturated heterocycles. The van der Waals surface area contributed by atoms with Gasteiger partial charge in [-0.2, -0.15) is 0 Å². The van der Waals surface area contributed by atoms with Gasteiger partial charge in [-0.05, 0) is 17.5 Å². The van der Waals surface area contributed by atoms with E-state index in [0.717, 1.165) is 0 Å². The largest absolute Gasteiger partial charge is 0.478 e. The van der Waals surface area contributed by atoms with Crippen LogP contribution in [0.1, 0.15) is 20.8 Å². The fourth-order valence-electron chi connectivity index (χ4n) is 2.19. The van der Waals surface area contributed by atoms with Crippen molar-refractivity contribution in [3.05, 3.63) is 49.6 Å². The Bertz CT molecular complexity index is 743. The van der Waals surface area contributed by atoms with Crippen LogP contribution in [-0.2, 0) is 11.2 Å². The van der Waals surface area contributed by atoms with Crippen LogP contribution in [-0.4, -0.2) is 17.8 Å². The van der Waals surface area contributed by atoms with Gasteiger partial charge in [0.25, 0.3) is 5.91 Å². The number of ether oxygens (including phenoxy) is 1. The lowest BCUT2D eigenvalue weighted by atomic mass is 10.0. The molecule has 1 aliphatic heterocycles. The second kappa shape index (κ2) is 5.33. The molecule has 0 radical (unpaired) electrons. The van der Waals surface area contributed by atoms with Gasteiger partial charge in [0, 0.05) is 17.5 Å². The summed E-state index contributed by atoms with van der Waals surface area (Å²) in [6, 6.07) is 5.12. The minimum Gasteiger partial charge on any atom is -0.478 e. The first kappa shape index (κ1) is 14.4. The Morgan fingerprint density at radius 2 is 2.10 bits per heavy atom. The van der Waals surface area contributed by atoms with Gasteiger partial charge >= 0.3 is 0 Å². The van der Waals surface area contributed by atoms with Crippen molar-refractivity contribution >= 4 is 46.2 Å². The van der Waals surface area contributed by atoms with Crippen molar-refractivity contribution in [2.24, 2.45) is 5.73 Å². The number of amides is 1. The van der Waals surface area contributed by atoms with Crippen LogP contribution in [0.25, 0.3) is 0 Å². The summed E-state index contributed by atoms with van der Waals surface area (Å²) in [5.74, 6) is -0.458. The predicted octanol–water partition coefficient (Wildman–Crippen LogP) is 3.07. The lowest BCUT2D eigenvalue weighted by Crippen LogP contribution is -2.31. The minimum absolute atomic E-state index is 0.124. The standard InChI is InChI=1S/C14H9Cl2NO3S/c15-10-7(12(18)9-2-1-3-21-9)4-6-5-8(14(17)19)20-13(6)11(10)16/h1-4,8H,5H2,(H2,17,19). The monoisotopic (exact) mass is 341 g/mol. The second-order valence-electron chi connectivity index (χ2n) is 4.56. The summed E-state index contributed by atoms with van der Waals surface area (Å²) >= 11 is 13.7. The molecule has 2 aromatic rings. The molecule has 0 spiro atoms. The van der Waals surface area contributed by atoms with Crippen LogP contribution in [0.15, 0.2) is 23.6 Å². The van der Waals surface area contributed by atoms with Gasteiger partial charge < -0.3 is 10.5 Å². The topological polar surface area (TPSA) is 69.4 Å². The molecular weight excluding hydrogens is 333 g/mol. The molecular formula is C14H9Cl2NO3S. The summed E-state index contributed by atoms with van der Waals surface area (Å²) in [6.45, 7) is 0. The molecule has 108 valence electrons. The number of benzene rings is 1. The first-order valence-electron chi connectivity index (χ1n) is 6.04. The Hall–Kier alpha value is -1.56. The molecule has 0 bridgehead atoms. The number of thiophene rings is 1. The van der Waals surface area contributed by atoms with Crippen molar-refractivity contribution in [1.29, 1.82) is 0 Å². The first-order valence-corrected chi connectivity index (χ1v) is 7.67. The van der Waals surface area contributed by atoms with Gasteiger partial charge in [-0.3, -0.25) is 9.59 Å². The Morgan fingerprint density at radius 1 is 1.33 bits per heavy atom. The molecule has 1 unspecified atom stereocenters. The molecule has 0 fully saturated rings. The molecule has 2 N–H and O–H groups in total. The van der Waals surface area contributed by atoms with Gasteiger partial charge in [0.15, 0.2) is 6.10 Å². The smallest absolute Gasteiger partial charge is 0.258 e. The second-order valence-corrected chi connectivity index (χ2v) is 6.26. The van der Waals surface area contributed by atoms with E-state index in [1.54, 1.807) is 18.2 Å². The number of hydrogen-bond acceptors (Lipinski definition) is 4. The fourth-order valence-corrected chi connectivity index (χ4v) is 3.36. The SMILES string of the molecule is NC(=O)C1Cc2cc(C(=O)c3cccs3)c(Cl)c(Cl)c2O1. The Morgan fingerprint density at radius 3 is 2.71 bits per heavy atom. The van der Waals surface area contributed by atoms with Gasteiger partial charge in [-0.25, -0.2) is 0 Å². The zero-order chi connectivity index (χ0) is 15.1. The number of carbonyl (C=O) groups is 2. The molecule has 4 nitrogen and oxygen atoms in total. The molecule has 1 aromatic carbocycles. The minimum atomic E-state index is -0.777. The molecule has 1 aromatic heterocycles. The third kappa shape index (κ3) is 2.41. The molecule has 3 rings (SSSR count). The number of fused-ring (bicyclic) bond motifs is 1. The Kier molecular flexibility index (Phi) is 3.65. The van der Waals surface area contributed by atoms with E-state index in [4.69, 9.17) is 33.7 Å². The summed E-state index contributed by atoms with van der Waals surface area (Å²) in [5, 5.41) is 2.07. The number of primary amides is 1. The van der Waals surface area contributed by atoms with Crippen molar-refractivity contribution in [1.82, 2.24) is 0 Å². The highest BCUT2D eigenvalue weighted by atomic mass is 35.5. The van der Waals surface area contributed by atoms with Crippen molar-refractivity contribution in [2.45, 2.75) is 12.5 Å². The predicted molar refractivity (Wildman–Crippen MR) is 81.5 cm³/mol. The third-order valence-corrected chi connectivity index (χ3v) is 4.93. The normalized spacial score (nSPS) is 16.4. The Balaban J connectivity index is 2.06. The number of hydrogen-bond donors (Lipinski definition) is 1. The van der Waals surface area contributed by atoms with Crippen LogP contribution in [0.5, 0.6) is 5.75 Å². The molecule has 1 amide bonds. The average molecular weight is 342 g/mol. The highest BCUT2D eigenvalue weighted by Gasteiger charge is 2.32. The lowest BCUT2D eigenvalue weighted by Gasteiger charge is -2.09. The summed E-state index contributed by atoms with van der Waals surface area (Å²) < 4.78 is 5.41. The van der Waals surface area contributed by atoms with E-state index in [1.807, 2.05) is 5.38 Å². The van der Waals surface area contributed by atoms with Crippen molar-refractivity contribution < 1.29 is 14.3 Å². The molecule has 2 heterocycles. The zero-order valence-corrected chi connectivity index (χ0v) is 12.9. The van der Waals surface area contributed by atoms with Gasteiger partial charge in [0.1, 0.15) is 10.8 Å².